The summed E-state index contributed by atoms with van der Waals surface area (Å²) in [6.07, 6.45) is 2.97. The van der Waals surface area contributed by atoms with Crippen molar-refractivity contribution in [2.24, 2.45) is 0 Å². The number of ether oxygens (including phenoxy) is 1. The van der Waals surface area contributed by atoms with Gasteiger partial charge in [0.15, 0.2) is 0 Å². The Morgan fingerprint density at radius 3 is 2.89 bits per heavy atom. The Bertz CT molecular complexity index is 111. The van der Waals surface area contributed by atoms with Crippen molar-refractivity contribution in [3.63, 3.8) is 0 Å². The lowest BCUT2D eigenvalue weighted by Crippen LogP contribution is -1.86. The van der Waals surface area contributed by atoms with Crippen LogP contribution in [0.2, 0.25) is 0 Å². The zero-order valence-corrected chi connectivity index (χ0v) is 5.24. The maximum atomic E-state index is 9.64. The van der Waals surface area contributed by atoms with Crippen molar-refractivity contribution in [1.82, 2.24) is 0 Å². The fourth-order valence-corrected chi connectivity index (χ4v) is 0.346. The summed E-state index contributed by atoms with van der Waals surface area (Å²) in [5.74, 6) is 0. The molecule has 0 aliphatic rings. The standard InChI is InChI=1S/C5H9NO3/c1-9-5-3-2-4-6(7)8/h2,4H,3,5H2,1H3/b4-2+. The van der Waals surface area contributed by atoms with Gasteiger partial charge in [0, 0.05) is 13.7 Å². The highest BCUT2D eigenvalue weighted by molar-refractivity contribution is 4.71. The Morgan fingerprint density at radius 1 is 1.78 bits per heavy atom. The van der Waals surface area contributed by atoms with Crippen LogP contribution in [0.4, 0.5) is 0 Å². The van der Waals surface area contributed by atoms with Crippen LogP contribution in [0.5, 0.6) is 0 Å². The smallest absolute Gasteiger partial charge is 0.230 e. The molecule has 0 aliphatic heterocycles. The molecule has 0 atom stereocenters. The average Bonchev–Trinajstić information content (AvgIpc) is 1.80. The van der Waals surface area contributed by atoms with Crippen molar-refractivity contribution in [3.05, 3.63) is 22.4 Å². The average molecular weight is 131 g/mol. The minimum absolute atomic E-state index is 0.490. The third kappa shape index (κ3) is 7.10. The Labute approximate surface area is 53.3 Å². The summed E-state index contributed by atoms with van der Waals surface area (Å²) in [7, 11) is 1.56. The summed E-state index contributed by atoms with van der Waals surface area (Å²) in [6, 6.07) is 0. The van der Waals surface area contributed by atoms with Crippen LogP contribution in [-0.4, -0.2) is 18.6 Å². The van der Waals surface area contributed by atoms with E-state index in [1.54, 1.807) is 7.11 Å². The van der Waals surface area contributed by atoms with Crippen LogP contribution < -0.4 is 0 Å². The summed E-state index contributed by atoms with van der Waals surface area (Å²) in [5, 5.41) is 9.64. The van der Waals surface area contributed by atoms with Crippen LogP contribution in [0.15, 0.2) is 12.3 Å². The fraction of sp³-hybridized carbons (Fsp3) is 0.600. The molecule has 0 N–H and O–H groups in total. The zero-order valence-electron chi connectivity index (χ0n) is 5.24. The van der Waals surface area contributed by atoms with E-state index in [1.165, 1.54) is 6.08 Å². The monoisotopic (exact) mass is 131 g/mol. The van der Waals surface area contributed by atoms with Gasteiger partial charge in [0.1, 0.15) is 0 Å². The molecule has 0 aromatic rings. The maximum Gasteiger partial charge on any atom is 0.230 e. The van der Waals surface area contributed by atoms with Crippen LogP contribution in [0.3, 0.4) is 0 Å². The molecule has 4 nitrogen and oxygen atoms in total. The SMILES string of the molecule is COCC/C=C/[N+](=O)[O-]. The quantitative estimate of drug-likeness (QED) is 0.322. The molecule has 4 heteroatoms. The van der Waals surface area contributed by atoms with Gasteiger partial charge in [0.05, 0.1) is 4.92 Å². The first-order valence-corrected chi connectivity index (χ1v) is 2.56. The molecule has 0 aliphatic carbocycles. The summed E-state index contributed by atoms with van der Waals surface area (Å²) < 4.78 is 4.65. The lowest BCUT2D eigenvalue weighted by atomic mass is 10.4. The summed E-state index contributed by atoms with van der Waals surface area (Å²) in [4.78, 5) is 9.15. The maximum absolute atomic E-state index is 9.64. The van der Waals surface area contributed by atoms with Gasteiger partial charge in [-0.15, -0.1) is 0 Å². The lowest BCUT2D eigenvalue weighted by Gasteiger charge is -1.87. The minimum Gasteiger partial charge on any atom is -0.384 e. The van der Waals surface area contributed by atoms with Crippen LogP contribution in [0, 0.1) is 10.1 Å². The fourth-order valence-electron chi connectivity index (χ4n) is 0.346. The number of nitro groups is 1. The van der Waals surface area contributed by atoms with Gasteiger partial charge in [0.25, 0.3) is 0 Å². The number of nitrogens with zero attached hydrogens (tertiary/aromatic N) is 1. The highest BCUT2D eigenvalue weighted by Crippen LogP contribution is 1.82. The highest BCUT2D eigenvalue weighted by Gasteiger charge is 1.82. The molecule has 0 heterocycles. The zero-order chi connectivity index (χ0) is 7.11. The second-order valence-electron chi connectivity index (χ2n) is 1.45. The van der Waals surface area contributed by atoms with E-state index in [9.17, 15) is 10.1 Å². The molecule has 0 bridgehead atoms. The second-order valence-corrected chi connectivity index (χ2v) is 1.45. The molecule has 9 heavy (non-hydrogen) atoms. The van der Waals surface area contributed by atoms with Gasteiger partial charge in [0.2, 0.25) is 6.20 Å². The third-order valence-electron chi connectivity index (χ3n) is 0.716. The number of hydrogen-bond donors (Lipinski definition) is 0. The van der Waals surface area contributed by atoms with Crippen molar-refractivity contribution in [2.75, 3.05) is 13.7 Å². The lowest BCUT2D eigenvalue weighted by molar-refractivity contribution is -0.402. The van der Waals surface area contributed by atoms with E-state index in [-0.39, 0.29) is 0 Å². The Balaban J connectivity index is 3.15. The predicted molar refractivity (Wildman–Crippen MR) is 32.6 cm³/mol. The largest absolute Gasteiger partial charge is 0.384 e. The van der Waals surface area contributed by atoms with Crippen LogP contribution in [-0.2, 0) is 4.74 Å². The Morgan fingerprint density at radius 2 is 2.44 bits per heavy atom. The molecule has 0 saturated heterocycles. The number of hydrogen-bond acceptors (Lipinski definition) is 3. The van der Waals surface area contributed by atoms with E-state index in [0.717, 1.165) is 6.20 Å². The van der Waals surface area contributed by atoms with E-state index in [2.05, 4.69) is 4.74 Å². The summed E-state index contributed by atoms with van der Waals surface area (Å²) >= 11 is 0. The molecule has 0 saturated carbocycles. The molecular weight excluding hydrogens is 122 g/mol. The molecule has 0 spiro atoms. The van der Waals surface area contributed by atoms with E-state index in [0.29, 0.717) is 13.0 Å². The molecule has 0 fully saturated rings. The van der Waals surface area contributed by atoms with Crippen LogP contribution in [0.25, 0.3) is 0 Å². The van der Waals surface area contributed by atoms with Gasteiger partial charge < -0.3 is 4.74 Å². The summed E-state index contributed by atoms with van der Waals surface area (Å²) in [6.45, 7) is 0.532. The van der Waals surface area contributed by atoms with Gasteiger partial charge in [-0.3, -0.25) is 10.1 Å². The first-order chi connectivity index (χ1) is 4.27. The minimum atomic E-state index is -0.490. The van der Waals surface area contributed by atoms with Crippen molar-refractivity contribution >= 4 is 0 Å². The van der Waals surface area contributed by atoms with Crippen LogP contribution in [0.1, 0.15) is 6.42 Å². The van der Waals surface area contributed by atoms with E-state index in [1.807, 2.05) is 0 Å². The topological polar surface area (TPSA) is 52.4 Å². The predicted octanol–water partition coefficient (Wildman–Crippen LogP) is 0.813. The van der Waals surface area contributed by atoms with Crippen molar-refractivity contribution in [3.8, 4) is 0 Å². The Hall–Kier alpha value is -0.900. The second kappa shape index (κ2) is 5.24. The summed E-state index contributed by atoms with van der Waals surface area (Å²) in [5.41, 5.74) is 0. The molecule has 0 rings (SSSR count). The first-order valence-electron chi connectivity index (χ1n) is 2.56. The van der Waals surface area contributed by atoms with E-state index < -0.39 is 4.92 Å². The van der Waals surface area contributed by atoms with Gasteiger partial charge in [-0.05, 0) is 12.5 Å². The molecule has 0 amide bonds. The molecule has 0 radical (unpaired) electrons. The van der Waals surface area contributed by atoms with Gasteiger partial charge >= 0.3 is 0 Å². The van der Waals surface area contributed by atoms with Gasteiger partial charge in [-0.2, -0.15) is 0 Å². The third-order valence-corrected chi connectivity index (χ3v) is 0.716. The number of methoxy groups -OCH3 is 1. The number of rotatable bonds is 4. The van der Waals surface area contributed by atoms with Crippen molar-refractivity contribution < 1.29 is 9.66 Å². The van der Waals surface area contributed by atoms with Gasteiger partial charge in [-0.25, -0.2) is 0 Å². The molecule has 52 valence electrons. The highest BCUT2D eigenvalue weighted by atomic mass is 16.6. The van der Waals surface area contributed by atoms with E-state index >= 15 is 0 Å². The van der Waals surface area contributed by atoms with Crippen molar-refractivity contribution in [1.29, 1.82) is 0 Å². The van der Waals surface area contributed by atoms with Crippen LogP contribution >= 0.6 is 0 Å². The molecule has 0 unspecified atom stereocenters. The Kier molecular flexibility index (Phi) is 4.72. The van der Waals surface area contributed by atoms with E-state index in [4.69, 9.17) is 0 Å². The molecule has 0 aromatic carbocycles. The van der Waals surface area contributed by atoms with Crippen molar-refractivity contribution in [2.45, 2.75) is 6.42 Å². The molecular formula is C5H9NO3. The molecule has 0 aromatic heterocycles. The first kappa shape index (κ1) is 8.10. The normalized spacial score (nSPS) is 10.3. The van der Waals surface area contributed by atoms with Gasteiger partial charge in [-0.1, -0.05) is 0 Å².